The Morgan fingerprint density at radius 2 is 2.12 bits per heavy atom. The summed E-state index contributed by atoms with van der Waals surface area (Å²) in [5.41, 5.74) is 1.96. The van der Waals surface area contributed by atoms with Gasteiger partial charge in [-0.15, -0.1) is 0 Å². The highest BCUT2D eigenvalue weighted by Crippen LogP contribution is 2.37. The van der Waals surface area contributed by atoms with E-state index in [4.69, 9.17) is 5.26 Å². The van der Waals surface area contributed by atoms with Crippen LogP contribution in [0.1, 0.15) is 43.9 Å². The van der Waals surface area contributed by atoms with E-state index in [9.17, 15) is 0 Å². The van der Waals surface area contributed by atoms with Crippen LogP contribution >= 0.6 is 0 Å². The first kappa shape index (κ1) is 11.9. The second-order valence-electron chi connectivity index (χ2n) is 5.33. The van der Waals surface area contributed by atoms with Gasteiger partial charge in [-0.1, -0.05) is 19.8 Å². The van der Waals surface area contributed by atoms with E-state index in [0.29, 0.717) is 11.0 Å². The monoisotopic (exact) mass is 229 g/mol. The molecule has 0 atom stereocenters. The van der Waals surface area contributed by atoms with Gasteiger partial charge in [0, 0.05) is 12.2 Å². The maximum Gasteiger partial charge on any atom is 0.144 e. The van der Waals surface area contributed by atoms with Crippen molar-refractivity contribution in [1.29, 1.82) is 5.26 Å². The average molecular weight is 229 g/mol. The fourth-order valence-corrected chi connectivity index (χ4v) is 2.48. The van der Waals surface area contributed by atoms with Gasteiger partial charge in [-0.25, -0.2) is 4.98 Å². The third-order valence-corrected chi connectivity index (χ3v) is 3.65. The molecular weight excluding hydrogens is 210 g/mol. The number of nitriles is 1. The number of aromatic nitrogens is 1. The minimum atomic E-state index is 0.373. The van der Waals surface area contributed by atoms with E-state index in [2.05, 4.69) is 23.3 Å². The Morgan fingerprint density at radius 1 is 1.41 bits per heavy atom. The number of anilines is 1. The summed E-state index contributed by atoms with van der Waals surface area (Å²) < 4.78 is 0. The lowest BCUT2D eigenvalue weighted by Gasteiger charge is -2.24. The number of hydrogen-bond donors (Lipinski definition) is 1. The van der Waals surface area contributed by atoms with Crippen molar-refractivity contribution in [3.63, 3.8) is 0 Å². The summed E-state index contributed by atoms with van der Waals surface area (Å²) in [6.07, 6.45) is 5.19. The van der Waals surface area contributed by atoms with Crippen LogP contribution < -0.4 is 5.32 Å². The smallest absolute Gasteiger partial charge is 0.144 e. The molecule has 0 aromatic carbocycles. The molecule has 1 fully saturated rings. The zero-order chi connectivity index (χ0) is 12.3. The molecular formula is C14H19N3. The second kappa shape index (κ2) is 4.75. The summed E-state index contributed by atoms with van der Waals surface area (Å²) in [6, 6.07) is 5.90. The largest absolute Gasteiger partial charge is 0.368 e. The first-order valence-electron chi connectivity index (χ1n) is 6.25. The summed E-state index contributed by atoms with van der Waals surface area (Å²) in [6.45, 7) is 5.18. The lowest BCUT2D eigenvalue weighted by molar-refractivity contribution is 0.361. The summed E-state index contributed by atoms with van der Waals surface area (Å²) in [4.78, 5) is 4.40. The molecule has 0 spiro atoms. The molecule has 2 rings (SSSR count). The molecule has 0 aliphatic heterocycles. The highest BCUT2D eigenvalue weighted by Gasteiger charge is 2.28. The molecule has 1 aliphatic carbocycles. The Hall–Kier alpha value is -1.56. The Morgan fingerprint density at radius 3 is 2.76 bits per heavy atom. The van der Waals surface area contributed by atoms with Gasteiger partial charge in [-0.3, -0.25) is 0 Å². The molecule has 1 aliphatic rings. The number of aryl methyl sites for hydroxylation is 1. The Bertz CT molecular complexity index is 439. The molecule has 0 saturated heterocycles. The van der Waals surface area contributed by atoms with Crippen molar-refractivity contribution in [2.75, 3.05) is 11.9 Å². The summed E-state index contributed by atoms with van der Waals surface area (Å²) in [7, 11) is 0. The topological polar surface area (TPSA) is 48.7 Å². The van der Waals surface area contributed by atoms with Gasteiger partial charge < -0.3 is 5.32 Å². The van der Waals surface area contributed by atoms with Crippen LogP contribution in [0.2, 0.25) is 0 Å². The molecule has 1 aromatic heterocycles. The minimum Gasteiger partial charge on any atom is -0.368 e. The van der Waals surface area contributed by atoms with Gasteiger partial charge in [-0.2, -0.15) is 5.26 Å². The normalized spacial score (nSPS) is 17.7. The fourth-order valence-electron chi connectivity index (χ4n) is 2.48. The van der Waals surface area contributed by atoms with Gasteiger partial charge in [0.05, 0.1) is 5.56 Å². The molecule has 90 valence electrons. The standard InChI is InChI=1S/C14H19N3/c1-11-5-6-12(9-15)13(17-11)16-10-14(2)7-3-4-8-14/h5-6H,3-4,7-8,10H2,1-2H3,(H,16,17). The van der Waals surface area contributed by atoms with Gasteiger partial charge in [-0.05, 0) is 37.3 Å². The average Bonchev–Trinajstić information content (AvgIpc) is 2.74. The number of pyridine rings is 1. The van der Waals surface area contributed by atoms with Gasteiger partial charge in [0.2, 0.25) is 0 Å². The van der Waals surface area contributed by atoms with E-state index in [0.717, 1.165) is 18.1 Å². The highest BCUT2D eigenvalue weighted by atomic mass is 15.0. The lowest BCUT2D eigenvalue weighted by Crippen LogP contribution is -2.23. The van der Waals surface area contributed by atoms with Gasteiger partial charge in [0.1, 0.15) is 11.9 Å². The van der Waals surface area contributed by atoms with Crippen molar-refractivity contribution in [3.8, 4) is 6.07 Å². The van der Waals surface area contributed by atoms with Crippen LogP contribution in [0.3, 0.4) is 0 Å². The molecule has 1 heterocycles. The number of nitrogens with zero attached hydrogens (tertiary/aromatic N) is 2. The van der Waals surface area contributed by atoms with Crippen molar-refractivity contribution in [3.05, 3.63) is 23.4 Å². The Labute approximate surface area is 103 Å². The van der Waals surface area contributed by atoms with Crippen LogP contribution in [0.5, 0.6) is 0 Å². The lowest BCUT2D eigenvalue weighted by atomic mass is 9.89. The molecule has 1 aromatic rings. The molecule has 0 bridgehead atoms. The second-order valence-corrected chi connectivity index (χ2v) is 5.33. The van der Waals surface area contributed by atoms with Gasteiger partial charge in [0.15, 0.2) is 0 Å². The van der Waals surface area contributed by atoms with Crippen LogP contribution in [0.15, 0.2) is 12.1 Å². The zero-order valence-corrected chi connectivity index (χ0v) is 10.6. The fraction of sp³-hybridized carbons (Fsp3) is 0.571. The van der Waals surface area contributed by atoms with E-state index >= 15 is 0 Å². The molecule has 1 N–H and O–H groups in total. The molecule has 17 heavy (non-hydrogen) atoms. The van der Waals surface area contributed by atoms with Crippen LogP contribution in [0, 0.1) is 23.7 Å². The number of rotatable bonds is 3. The molecule has 0 unspecified atom stereocenters. The van der Waals surface area contributed by atoms with E-state index in [1.807, 2.05) is 19.1 Å². The molecule has 0 amide bonds. The number of hydrogen-bond acceptors (Lipinski definition) is 3. The van der Waals surface area contributed by atoms with Crippen LogP contribution in [-0.4, -0.2) is 11.5 Å². The van der Waals surface area contributed by atoms with E-state index in [1.54, 1.807) is 0 Å². The van der Waals surface area contributed by atoms with Crippen molar-refractivity contribution in [1.82, 2.24) is 4.98 Å². The first-order chi connectivity index (χ1) is 8.13. The predicted octanol–water partition coefficient (Wildman–Crippen LogP) is 3.25. The van der Waals surface area contributed by atoms with Crippen molar-refractivity contribution in [2.24, 2.45) is 5.41 Å². The van der Waals surface area contributed by atoms with Crippen molar-refractivity contribution >= 4 is 5.82 Å². The first-order valence-corrected chi connectivity index (χ1v) is 6.25. The summed E-state index contributed by atoms with van der Waals surface area (Å²) >= 11 is 0. The summed E-state index contributed by atoms with van der Waals surface area (Å²) in [5, 5.41) is 12.4. The quantitative estimate of drug-likeness (QED) is 0.865. The molecule has 1 saturated carbocycles. The Balaban J connectivity index is 2.08. The van der Waals surface area contributed by atoms with Crippen LogP contribution in [0.4, 0.5) is 5.82 Å². The summed E-state index contributed by atoms with van der Waals surface area (Å²) in [5.74, 6) is 0.737. The van der Waals surface area contributed by atoms with Gasteiger partial charge in [0.25, 0.3) is 0 Å². The maximum atomic E-state index is 9.04. The third kappa shape index (κ3) is 2.76. The minimum absolute atomic E-state index is 0.373. The maximum absolute atomic E-state index is 9.04. The van der Waals surface area contributed by atoms with Crippen molar-refractivity contribution in [2.45, 2.75) is 39.5 Å². The zero-order valence-electron chi connectivity index (χ0n) is 10.6. The van der Waals surface area contributed by atoms with E-state index < -0.39 is 0 Å². The molecule has 3 heteroatoms. The van der Waals surface area contributed by atoms with E-state index in [1.165, 1.54) is 25.7 Å². The molecule has 0 radical (unpaired) electrons. The van der Waals surface area contributed by atoms with Gasteiger partial charge >= 0.3 is 0 Å². The van der Waals surface area contributed by atoms with E-state index in [-0.39, 0.29) is 0 Å². The highest BCUT2D eigenvalue weighted by molar-refractivity contribution is 5.52. The SMILES string of the molecule is Cc1ccc(C#N)c(NCC2(C)CCCC2)n1. The van der Waals surface area contributed by atoms with Crippen molar-refractivity contribution < 1.29 is 0 Å². The van der Waals surface area contributed by atoms with Crippen LogP contribution in [0.25, 0.3) is 0 Å². The number of nitrogens with one attached hydrogen (secondary N) is 1. The predicted molar refractivity (Wildman–Crippen MR) is 68.8 cm³/mol. The Kier molecular flexibility index (Phi) is 3.33. The van der Waals surface area contributed by atoms with Crippen LogP contribution in [-0.2, 0) is 0 Å². The third-order valence-electron chi connectivity index (χ3n) is 3.65. The molecule has 3 nitrogen and oxygen atoms in total.